The average Bonchev–Trinajstić information content (AvgIpc) is 2.44. The Morgan fingerprint density at radius 3 is 2.04 bits per heavy atom. The first-order valence-corrected chi connectivity index (χ1v) is 15.0. The lowest BCUT2D eigenvalue weighted by Crippen LogP contribution is -2.42. The quantitative estimate of drug-likeness (QED) is 0.790. The van der Waals surface area contributed by atoms with Crippen LogP contribution in [0.1, 0.15) is 0 Å². The second-order valence-electron chi connectivity index (χ2n) is 7.98. The van der Waals surface area contributed by atoms with E-state index in [-0.39, 0.29) is 5.75 Å². The largest absolute Gasteiger partial charge is 0.508 e. The first-order chi connectivity index (χ1) is 10.6. The highest BCUT2D eigenvalue weighted by molar-refractivity contribution is 6.94. The van der Waals surface area contributed by atoms with Crippen LogP contribution >= 0.6 is 0 Å². The van der Waals surface area contributed by atoms with Crippen LogP contribution in [-0.2, 0) is 0 Å². The summed E-state index contributed by atoms with van der Waals surface area (Å²) in [6.07, 6.45) is 4.27. The van der Waals surface area contributed by atoms with Gasteiger partial charge in [-0.05, 0) is 24.3 Å². The van der Waals surface area contributed by atoms with Gasteiger partial charge in [0.25, 0.3) is 0 Å². The summed E-state index contributed by atoms with van der Waals surface area (Å²) < 4.78 is 5.95. The van der Waals surface area contributed by atoms with Crippen molar-refractivity contribution in [1.82, 2.24) is 9.97 Å². The normalized spacial score (nSPS) is 12.2. The molecule has 124 valence electrons. The molecule has 4 nitrogen and oxygen atoms in total. The molecule has 1 aromatic heterocycles. The maximum absolute atomic E-state index is 9.32. The minimum absolute atomic E-state index is 0.239. The molecule has 2 rings (SSSR count). The van der Waals surface area contributed by atoms with Crippen molar-refractivity contribution in [2.45, 2.75) is 38.4 Å². The van der Waals surface area contributed by atoms with E-state index in [0.717, 1.165) is 17.5 Å². The van der Waals surface area contributed by atoms with Crippen LogP contribution in [-0.4, -0.2) is 37.5 Å². The van der Waals surface area contributed by atoms with Crippen molar-refractivity contribution in [1.29, 1.82) is 0 Å². The highest BCUT2D eigenvalue weighted by atomic mass is 28.4. The van der Waals surface area contributed by atoms with Crippen LogP contribution in [0.3, 0.4) is 0 Å². The molecule has 1 heterocycles. The molecule has 0 aliphatic heterocycles. The van der Waals surface area contributed by atoms with Gasteiger partial charge in [-0.15, -0.1) is 0 Å². The van der Waals surface area contributed by atoms with E-state index in [1.54, 1.807) is 36.7 Å². The van der Waals surface area contributed by atoms with Crippen molar-refractivity contribution < 1.29 is 9.84 Å². The Kier molecular flexibility index (Phi) is 5.26. The Morgan fingerprint density at radius 1 is 0.957 bits per heavy atom. The summed E-state index contributed by atoms with van der Waals surface area (Å²) in [5.74, 6) is 1.60. The van der Waals surface area contributed by atoms with Crippen LogP contribution in [0.4, 0.5) is 0 Å². The first kappa shape index (κ1) is 17.7. The second-order valence-corrected chi connectivity index (χ2v) is 19.1. The molecule has 6 heteroatoms. The second kappa shape index (κ2) is 6.84. The van der Waals surface area contributed by atoms with E-state index in [4.69, 9.17) is 4.74 Å². The van der Waals surface area contributed by atoms with Crippen molar-refractivity contribution in [2.24, 2.45) is 0 Å². The number of ether oxygens (including phenoxy) is 1. The maximum Gasteiger partial charge on any atom is 0.159 e. The molecule has 0 unspecified atom stereocenters. The van der Waals surface area contributed by atoms with Crippen LogP contribution in [0.15, 0.2) is 36.7 Å². The molecule has 23 heavy (non-hydrogen) atoms. The van der Waals surface area contributed by atoms with Crippen LogP contribution in [0, 0.1) is 0 Å². The van der Waals surface area contributed by atoms with E-state index in [2.05, 4.69) is 42.7 Å². The monoisotopic (exact) mass is 346 g/mol. The molecular weight excluding hydrogens is 320 g/mol. The lowest BCUT2D eigenvalue weighted by Gasteiger charge is -2.29. The Bertz CT molecular complexity index is 635. The highest BCUT2D eigenvalue weighted by Gasteiger charge is 2.29. The van der Waals surface area contributed by atoms with E-state index in [1.165, 1.54) is 5.67 Å². The molecule has 0 fully saturated rings. The summed E-state index contributed by atoms with van der Waals surface area (Å²) >= 11 is 0. The van der Waals surface area contributed by atoms with Crippen molar-refractivity contribution in [2.75, 3.05) is 6.23 Å². The molecule has 0 bridgehead atoms. The third kappa shape index (κ3) is 5.80. The molecule has 0 saturated carbocycles. The zero-order chi connectivity index (χ0) is 17.1. The SMILES string of the molecule is C[Si](C)(C)C[Si](C)(C)COc1cnc(-c2ccc(O)cc2)nc1. The number of hydrogen-bond donors (Lipinski definition) is 1. The van der Waals surface area contributed by atoms with Gasteiger partial charge in [-0.3, -0.25) is 0 Å². The fraction of sp³-hybridized carbons (Fsp3) is 0.412. The molecular formula is C17H26N2O2Si2. The molecule has 0 amide bonds. The van der Waals surface area contributed by atoms with Gasteiger partial charge in [0.2, 0.25) is 0 Å². The third-order valence-corrected chi connectivity index (χ3v) is 12.4. The van der Waals surface area contributed by atoms with Crippen LogP contribution in [0.25, 0.3) is 11.4 Å². The fourth-order valence-corrected chi connectivity index (χ4v) is 15.4. The van der Waals surface area contributed by atoms with Gasteiger partial charge in [-0.1, -0.05) is 38.4 Å². The summed E-state index contributed by atoms with van der Waals surface area (Å²) in [6, 6.07) is 6.87. The number of aromatic hydroxyl groups is 1. The fourth-order valence-electron chi connectivity index (χ4n) is 2.92. The van der Waals surface area contributed by atoms with E-state index in [0.29, 0.717) is 5.82 Å². The third-order valence-electron chi connectivity index (χ3n) is 3.39. The summed E-state index contributed by atoms with van der Waals surface area (Å²) in [4.78, 5) is 8.72. The van der Waals surface area contributed by atoms with E-state index < -0.39 is 16.1 Å². The lowest BCUT2D eigenvalue weighted by atomic mass is 10.2. The molecule has 0 saturated heterocycles. The molecule has 2 aromatic rings. The molecule has 0 radical (unpaired) electrons. The Balaban J connectivity index is 1.99. The Labute approximate surface area is 140 Å². The number of hydrogen-bond acceptors (Lipinski definition) is 4. The molecule has 1 N–H and O–H groups in total. The Hall–Kier alpha value is -1.67. The van der Waals surface area contributed by atoms with Gasteiger partial charge in [0.1, 0.15) is 5.75 Å². The molecule has 0 aliphatic carbocycles. The predicted molar refractivity (Wildman–Crippen MR) is 100 cm³/mol. The van der Waals surface area contributed by atoms with Gasteiger partial charge in [-0.25, -0.2) is 9.97 Å². The van der Waals surface area contributed by atoms with Gasteiger partial charge < -0.3 is 9.84 Å². The predicted octanol–water partition coefficient (Wildman–Crippen LogP) is 4.35. The standard InChI is InChI=1S/C17H26N2O2Si2/c1-22(2,3)13-23(4,5)12-21-16-10-18-17(19-11-16)14-6-8-15(20)9-7-14/h6-11,20H,12-13H2,1-5H3. The van der Waals surface area contributed by atoms with Gasteiger partial charge in [0.05, 0.1) is 26.7 Å². The van der Waals surface area contributed by atoms with Crippen LogP contribution in [0.2, 0.25) is 38.4 Å². The van der Waals surface area contributed by atoms with E-state index >= 15 is 0 Å². The number of aromatic nitrogens is 2. The van der Waals surface area contributed by atoms with Gasteiger partial charge in [0.15, 0.2) is 11.6 Å². The number of phenolic OH excluding ortho intramolecular Hbond substituents is 1. The van der Waals surface area contributed by atoms with Gasteiger partial charge >= 0.3 is 0 Å². The number of phenols is 1. The number of rotatable bonds is 6. The van der Waals surface area contributed by atoms with Crippen molar-refractivity contribution in [3.05, 3.63) is 36.7 Å². The smallest absolute Gasteiger partial charge is 0.159 e. The van der Waals surface area contributed by atoms with Gasteiger partial charge in [0, 0.05) is 13.6 Å². The van der Waals surface area contributed by atoms with Crippen molar-refractivity contribution in [3.63, 3.8) is 0 Å². The van der Waals surface area contributed by atoms with Crippen molar-refractivity contribution in [3.8, 4) is 22.9 Å². The number of nitrogens with zero attached hydrogens (tertiary/aromatic N) is 2. The Morgan fingerprint density at radius 2 is 1.52 bits per heavy atom. The molecule has 0 aliphatic rings. The first-order valence-electron chi connectivity index (χ1n) is 7.89. The molecule has 1 aromatic carbocycles. The molecule has 0 atom stereocenters. The lowest BCUT2D eigenvalue weighted by molar-refractivity contribution is 0.374. The minimum atomic E-state index is -1.35. The summed E-state index contributed by atoms with van der Waals surface area (Å²) in [5, 5.41) is 9.32. The van der Waals surface area contributed by atoms with Crippen molar-refractivity contribution >= 4 is 16.1 Å². The topological polar surface area (TPSA) is 55.2 Å². The summed E-state index contributed by atoms with van der Waals surface area (Å²) in [6.45, 7) is 12.0. The maximum atomic E-state index is 9.32. The average molecular weight is 347 g/mol. The summed E-state index contributed by atoms with van der Waals surface area (Å²) in [5.41, 5.74) is 2.23. The van der Waals surface area contributed by atoms with E-state index in [9.17, 15) is 5.11 Å². The minimum Gasteiger partial charge on any atom is -0.508 e. The number of benzene rings is 1. The van der Waals surface area contributed by atoms with Gasteiger partial charge in [-0.2, -0.15) is 0 Å². The highest BCUT2D eigenvalue weighted by Crippen LogP contribution is 2.22. The molecule has 0 spiro atoms. The van der Waals surface area contributed by atoms with E-state index in [1.807, 2.05) is 0 Å². The zero-order valence-corrected chi connectivity index (χ0v) is 16.6. The zero-order valence-electron chi connectivity index (χ0n) is 14.6. The van der Waals surface area contributed by atoms with Crippen LogP contribution in [0.5, 0.6) is 11.5 Å². The van der Waals surface area contributed by atoms with Crippen LogP contribution < -0.4 is 4.74 Å². The summed E-state index contributed by atoms with van der Waals surface area (Å²) in [7, 11) is -2.41.